The van der Waals surface area contributed by atoms with E-state index in [4.69, 9.17) is 16.0 Å². The summed E-state index contributed by atoms with van der Waals surface area (Å²) in [5.74, 6) is 1.55. The van der Waals surface area contributed by atoms with Crippen LogP contribution in [0.25, 0.3) is 0 Å². The second-order valence-corrected chi connectivity index (χ2v) is 10.5. The smallest absolute Gasteiger partial charge is 0.342 e. The number of piperidine rings is 1. The molecule has 1 atom stereocenters. The van der Waals surface area contributed by atoms with Gasteiger partial charge in [-0.15, -0.1) is 6.42 Å². The lowest BCUT2D eigenvalue weighted by Crippen LogP contribution is -2.58. The predicted octanol–water partition coefficient (Wildman–Crippen LogP) is 5.95. The summed E-state index contributed by atoms with van der Waals surface area (Å²) in [7, 11) is 0. The number of terminal acetylenes is 1. The quantitative estimate of drug-likeness (QED) is 0.174. The number of hydrogen-bond acceptors (Lipinski definition) is 7. The van der Waals surface area contributed by atoms with Crippen molar-refractivity contribution < 1.29 is 36.3 Å². The standard InChI is InChI=1S/C27H25F5N5O3S/c1-2-11-39-21-8-6-7-16(28)24(21)22-13-17(35-40-22)19-15-41-27(33-19)37(9-4-3-5-10-37)23(38)14-36-20(26(31)32)12-18(34-36)25(29)30/h1,6-8,12,15,22,25-26H,3-5,9-11,13-14H2/q+1. The van der Waals surface area contributed by atoms with E-state index in [2.05, 4.69) is 21.2 Å². The molecule has 1 aromatic carbocycles. The van der Waals surface area contributed by atoms with E-state index in [0.717, 1.165) is 6.42 Å². The van der Waals surface area contributed by atoms with Crippen LogP contribution in [0.1, 0.15) is 67.3 Å². The molecule has 1 amide bonds. The largest absolute Gasteiger partial charge is 0.480 e. The van der Waals surface area contributed by atoms with Gasteiger partial charge in [-0.05, 0) is 37.5 Å². The number of halogens is 5. The normalized spacial score (nSPS) is 18.3. The van der Waals surface area contributed by atoms with Crippen molar-refractivity contribution in [1.29, 1.82) is 0 Å². The number of thiazole rings is 1. The molecule has 1 unspecified atom stereocenters. The zero-order chi connectivity index (χ0) is 29.1. The first-order chi connectivity index (χ1) is 19.7. The van der Waals surface area contributed by atoms with Gasteiger partial charge in [0.1, 0.15) is 41.0 Å². The lowest BCUT2D eigenvalue weighted by Gasteiger charge is -2.36. The van der Waals surface area contributed by atoms with Crippen LogP contribution in [0.3, 0.4) is 0 Å². The molecule has 3 aromatic rings. The summed E-state index contributed by atoms with van der Waals surface area (Å²) in [6.07, 6.45) is 0.760. The number of amides is 1. The van der Waals surface area contributed by atoms with Gasteiger partial charge in [0.05, 0.1) is 18.7 Å². The zero-order valence-corrected chi connectivity index (χ0v) is 22.4. The van der Waals surface area contributed by atoms with Crippen LogP contribution in [0, 0.1) is 18.2 Å². The molecule has 1 saturated heterocycles. The highest BCUT2D eigenvalue weighted by Crippen LogP contribution is 2.39. The molecule has 8 nitrogen and oxygen atoms in total. The first-order valence-electron chi connectivity index (χ1n) is 12.8. The van der Waals surface area contributed by atoms with Crippen molar-refractivity contribution >= 4 is 28.1 Å². The maximum atomic E-state index is 14.7. The molecule has 2 aromatic heterocycles. The van der Waals surface area contributed by atoms with E-state index in [1.54, 1.807) is 11.4 Å². The molecule has 1 fully saturated rings. The Morgan fingerprint density at radius 3 is 2.71 bits per heavy atom. The number of oxime groups is 1. The third kappa shape index (κ3) is 5.69. The summed E-state index contributed by atoms with van der Waals surface area (Å²) >= 11 is 1.20. The highest BCUT2D eigenvalue weighted by molar-refractivity contribution is 7.13. The fourth-order valence-corrected chi connectivity index (χ4v) is 6.12. The number of nitrogens with zero attached hydrogens (tertiary/aromatic N) is 5. The molecule has 0 bridgehead atoms. The molecule has 2 aliphatic heterocycles. The van der Waals surface area contributed by atoms with Gasteiger partial charge in [-0.3, -0.25) is 0 Å². The van der Waals surface area contributed by atoms with Crippen LogP contribution in [-0.2, 0) is 16.2 Å². The first-order valence-corrected chi connectivity index (χ1v) is 13.7. The van der Waals surface area contributed by atoms with Crippen molar-refractivity contribution in [1.82, 2.24) is 19.2 Å². The molecular formula is C27H25F5N5O3S+. The fraction of sp³-hybridized carbons (Fsp3) is 0.407. The number of aromatic nitrogens is 3. The minimum Gasteiger partial charge on any atom is -0.480 e. The van der Waals surface area contributed by atoms with Crippen LogP contribution in [0.5, 0.6) is 5.75 Å². The molecule has 2 aliphatic rings. The van der Waals surface area contributed by atoms with Gasteiger partial charge < -0.3 is 9.57 Å². The Bertz CT molecular complexity index is 1490. The zero-order valence-electron chi connectivity index (χ0n) is 21.6. The lowest BCUT2D eigenvalue weighted by atomic mass is 10.0. The van der Waals surface area contributed by atoms with Gasteiger partial charge in [0.2, 0.25) is 0 Å². The van der Waals surface area contributed by atoms with Crippen molar-refractivity contribution in [2.24, 2.45) is 5.16 Å². The number of carbonyl (C=O) groups is 1. The molecule has 4 heterocycles. The first kappa shape index (κ1) is 28.7. The number of hydrogen-bond donors (Lipinski definition) is 0. The van der Waals surface area contributed by atoms with Gasteiger partial charge in [0, 0.05) is 11.8 Å². The maximum Gasteiger partial charge on any atom is 0.342 e. The minimum atomic E-state index is -3.08. The Labute approximate surface area is 236 Å². The van der Waals surface area contributed by atoms with Crippen LogP contribution in [0.4, 0.5) is 27.1 Å². The molecule has 14 heteroatoms. The number of ether oxygens (including phenoxy) is 1. The lowest BCUT2D eigenvalue weighted by molar-refractivity contribution is -0.132. The van der Waals surface area contributed by atoms with E-state index in [9.17, 15) is 26.7 Å². The van der Waals surface area contributed by atoms with E-state index in [1.165, 1.54) is 23.5 Å². The van der Waals surface area contributed by atoms with Gasteiger partial charge in [-0.1, -0.05) is 28.5 Å². The SMILES string of the molecule is C#CCOc1cccc(F)c1C1CC(c2csc([N+]3(C(=O)Cn4nc(C(F)F)cc4C(F)F)CCCCC3)n2)=NO1. The molecule has 0 aliphatic carbocycles. The Balaban J connectivity index is 1.39. The van der Waals surface area contributed by atoms with Crippen molar-refractivity contribution in [2.75, 3.05) is 19.7 Å². The summed E-state index contributed by atoms with van der Waals surface area (Å²) in [6.45, 7) is 0.0766. The van der Waals surface area contributed by atoms with Crippen LogP contribution in [-0.4, -0.2) is 46.1 Å². The summed E-state index contributed by atoms with van der Waals surface area (Å²) in [6, 6.07) is 4.98. The van der Waals surface area contributed by atoms with E-state index in [-0.39, 0.29) is 28.8 Å². The van der Waals surface area contributed by atoms with Gasteiger partial charge in [-0.2, -0.15) is 10.1 Å². The summed E-state index contributed by atoms with van der Waals surface area (Å²) in [5.41, 5.74) is -0.529. The highest BCUT2D eigenvalue weighted by atomic mass is 32.1. The molecular weight excluding hydrogens is 569 g/mol. The van der Waals surface area contributed by atoms with Crippen LogP contribution in [0.2, 0.25) is 0 Å². The van der Waals surface area contributed by atoms with Crippen molar-refractivity contribution in [2.45, 2.75) is 51.2 Å². The van der Waals surface area contributed by atoms with Crippen LogP contribution >= 0.6 is 11.3 Å². The summed E-state index contributed by atoms with van der Waals surface area (Å²) in [5, 5.41) is 9.81. The Hall–Kier alpha value is -3.83. The second-order valence-electron chi connectivity index (χ2n) is 9.62. The van der Waals surface area contributed by atoms with Gasteiger partial charge in [0.25, 0.3) is 18.0 Å². The third-order valence-electron chi connectivity index (χ3n) is 7.09. The molecule has 41 heavy (non-hydrogen) atoms. The molecule has 0 N–H and O–H groups in total. The van der Waals surface area contributed by atoms with Gasteiger partial charge >= 0.3 is 5.91 Å². The van der Waals surface area contributed by atoms with E-state index >= 15 is 0 Å². The van der Waals surface area contributed by atoms with Crippen molar-refractivity contribution in [3.05, 3.63) is 58.1 Å². The Morgan fingerprint density at radius 1 is 1.22 bits per heavy atom. The fourth-order valence-electron chi connectivity index (χ4n) is 5.08. The van der Waals surface area contributed by atoms with E-state index < -0.39 is 48.6 Å². The minimum absolute atomic E-state index is 0.0544. The molecule has 0 radical (unpaired) electrons. The predicted molar refractivity (Wildman–Crippen MR) is 140 cm³/mol. The van der Waals surface area contributed by atoms with Gasteiger partial charge in [0.15, 0.2) is 12.6 Å². The summed E-state index contributed by atoms with van der Waals surface area (Å²) in [4.78, 5) is 23.9. The van der Waals surface area contributed by atoms with E-state index in [1.807, 2.05) is 0 Å². The topological polar surface area (TPSA) is 78.6 Å². The number of benzene rings is 1. The van der Waals surface area contributed by atoms with Gasteiger partial charge in [-0.25, -0.2) is 35.9 Å². The maximum absolute atomic E-state index is 14.7. The number of likely N-dealkylation sites (tertiary alicyclic amines) is 1. The molecule has 5 rings (SSSR count). The number of carbonyl (C=O) groups excluding carboxylic acids is 1. The number of alkyl halides is 4. The number of quaternary nitrogens is 1. The molecule has 216 valence electrons. The second kappa shape index (κ2) is 12.0. The average Bonchev–Trinajstić information content (AvgIpc) is 3.72. The average molecular weight is 595 g/mol. The van der Waals surface area contributed by atoms with Crippen molar-refractivity contribution in [3.8, 4) is 18.1 Å². The number of rotatable bonds is 9. The summed E-state index contributed by atoms with van der Waals surface area (Å²) < 4.78 is 74.1. The Morgan fingerprint density at radius 2 is 2.00 bits per heavy atom. The Kier molecular flexibility index (Phi) is 8.37. The van der Waals surface area contributed by atoms with Crippen molar-refractivity contribution in [3.63, 3.8) is 0 Å². The molecule has 0 spiro atoms. The van der Waals surface area contributed by atoms with Crippen LogP contribution in [0.15, 0.2) is 34.8 Å². The highest BCUT2D eigenvalue weighted by Gasteiger charge is 2.44. The van der Waals surface area contributed by atoms with Crippen LogP contribution < -0.4 is 9.22 Å². The third-order valence-corrected chi connectivity index (χ3v) is 8.08. The monoisotopic (exact) mass is 594 g/mol. The van der Waals surface area contributed by atoms with E-state index in [0.29, 0.717) is 53.2 Å². The molecule has 0 saturated carbocycles.